The van der Waals surface area contributed by atoms with Gasteiger partial charge in [0, 0.05) is 13.1 Å². The third-order valence-electron chi connectivity index (χ3n) is 4.16. The third-order valence-corrected chi connectivity index (χ3v) is 6.04. The first-order valence-electron chi connectivity index (χ1n) is 8.25. The van der Waals surface area contributed by atoms with Gasteiger partial charge in [0.1, 0.15) is 16.8 Å². The Morgan fingerprint density at radius 3 is 2.54 bits per heavy atom. The van der Waals surface area contributed by atoms with Crippen LogP contribution in [0.2, 0.25) is 0 Å². The van der Waals surface area contributed by atoms with Gasteiger partial charge in [-0.15, -0.1) is 0 Å². The standard InChI is InChI=1S/C19H19FN2O3S/c20-16-9-4-5-11-18(16)26(24,25)22-14-6-10-17(22)19(23)21-13-12-15-7-2-1-3-8-15/h1-11,17H,12-14H2,(H,21,23)/t17-/m1/s1. The van der Waals surface area contributed by atoms with Crippen molar-refractivity contribution in [2.45, 2.75) is 17.4 Å². The fourth-order valence-corrected chi connectivity index (χ4v) is 4.39. The number of benzene rings is 2. The SMILES string of the molecule is O=C(NCCc1ccccc1)[C@H]1C=CCN1S(=O)(=O)c1ccccc1F. The van der Waals surface area contributed by atoms with Gasteiger partial charge in [-0.1, -0.05) is 54.6 Å². The van der Waals surface area contributed by atoms with Crippen molar-refractivity contribution in [2.24, 2.45) is 0 Å². The maximum atomic E-state index is 13.9. The molecule has 1 heterocycles. The van der Waals surface area contributed by atoms with Crippen molar-refractivity contribution < 1.29 is 17.6 Å². The molecule has 0 radical (unpaired) electrons. The molecule has 0 bridgehead atoms. The molecule has 1 atom stereocenters. The Hall–Kier alpha value is -2.51. The first-order chi connectivity index (χ1) is 12.5. The lowest BCUT2D eigenvalue weighted by Gasteiger charge is -2.23. The maximum Gasteiger partial charge on any atom is 0.247 e. The first-order valence-corrected chi connectivity index (χ1v) is 9.69. The minimum Gasteiger partial charge on any atom is -0.354 e. The van der Waals surface area contributed by atoms with E-state index in [1.807, 2.05) is 30.3 Å². The summed E-state index contributed by atoms with van der Waals surface area (Å²) in [6, 6.07) is 13.8. The van der Waals surface area contributed by atoms with E-state index in [0.29, 0.717) is 13.0 Å². The van der Waals surface area contributed by atoms with Gasteiger partial charge in [0.15, 0.2) is 0 Å². The van der Waals surface area contributed by atoms with Gasteiger partial charge in [-0.3, -0.25) is 4.79 Å². The summed E-state index contributed by atoms with van der Waals surface area (Å²) in [7, 11) is -4.11. The van der Waals surface area contributed by atoms with E-state index in [2.05, 4.69) is 5.32 Å². The number of nitrogens with zero attached hydrogens (tertiary/aromatic N) is 1. The van der Waals surface area contributed by atoms with Crippen molar-refractivity contribution in [3.63, 3.8) is 0 Å². The van der Waals surface area contributed by atoms with E-state index in [1.165, 1.54) is 24.3 Å². The van der Waals surface area contributed by atoms with E-state index in [4.69, 9.17) is 0 Å². The second kappa shape index (κ2) is 7.80. The summed E-state index contributed by atoms with van der Waals surface area (Å²) in [6.45, 7) is 0.425. The van der Waals surface area contributed by atoms with Crippen LogP contribution in [0.15, 0.2) is 71.6 Å². The number of sulfonamides is 1. The lowest BCUT2D eigenvalue weighted by Crippen LogP contribution is -2.46. The number of halogens is 1. The minimum absolute atomic E-state index is 0.0352. The van der Waals surface area contributed by atoms with E-state index in [-0.39, 0.29) is 6.54 Å². The van der Waals surface area contributed by atoms with E-state index in [0.717, 1.165) is 15.9 Å². The molecule has 0 unspecified atom stereocenters. The lowest BCUT2D eigenvalue weighted by atomic mass is 10.1. The molecule has 0 aromatic heterocycles. The summed E-state index contributed by atoms with van der Waals surface area (Å²) >= 11 is 0. The smallest absolute Gasteiger partial charge is 0.247 e. The molecule has 0 saturated heterocycles. The van der Waals surface area contributed by atoms with Gasteiger partial charge in [-0.05, 0) is 24.1 Å². The number of nitrogens with one attached hydrogen (secondary N) is 1. The second-order valence-electron chi connectivity index (χ2n) is 5.90. The normalized spacial score (nSPS) is 17.3. The number of carbonyl (C=O) groups excluding carboxylic acids is 1. The zero-order valence-corrected chi connectivity index (χ0v) is 14.8. The number of carbonyl (C=O) groups is 1. The zero-order chi connectivity index (χ0) is 18.6. The molecule has 2 aromatic carbocycles. The van der Waals surface area contributed by atoms with E-state index >= 15 is 0 Å². The van der Waals surface area contributed by atoms with Crippen molar-refractivity contribution >= 4 is 15.9 Å². The average molecular weight is 374 g/mol. The van der Waals surface area contributed by atoms with Crippen LogP contribution in [0.3, 0.4) is 0 Å². The van der Waals surface area contributed by atoms with E-state index in [9.17, 15) is 17.6 Å². The molecule has 1 N–H and O–H groups in total. The molecule has 136 valence electrons. The molecule has 0 fully saturated rings. The van der Waals surface area contributed by atoms with Crippen LogP contribution in [-0.2, 0) is 21.2 Å². The number of hydrogen-bond acceptors (Lipinski definition) is 3. The van der Waals surface area contributed by atoms with Crippen LogP contribution >= 0.6 is 0 Å². The quantitative estimate of drug-likeness (QED) is 0.788. The fourth-order valence-electron chi connectivity index (χ4n) is 2.83. The Bertz CT molecular complexity index is 913. The predicted molar refractivity (Wildman–Crippen MR) is 96.4 cm³/mol. The molecule has 0 aliphatic carbocycles. The Labute approximate surface area is 152 Å². The molecule has 26 heavy (non-hydrogen) atoms. The highest BCUT2D eigenvalue weighted by atomic mass is 32.2. The molecule has 0 spiro atoms. The molecule has 7 heteroatoms. The van der Waals surface area contributed by atoms with Crippen LogP contribution in [-0.4, -0.2) is 37.8 Å². The van der Waals surface area contributed by atoms with Crippen molar-refractivity contribution in [1.82, 2.24) is 9.62 Å². The van der Waals surface area contributed by atoms with Gasteiger partial charge in [0.2, 0.25) is 15.9 Å². The Balaban J connectivity index is 1.68. The molecular formula is C19H19FN2O3S. The first kappa shape index (κ1) is 18.3. The van der Waals surface area contributed by atoms with Crippen LogP contribution in [0.5, 0.6) is 0 Å². The third kappa shape index (κ3) is 3.84. The summed E-state index contributed by atoms with van der Waals surface area (Å²) in [4.78, 5) is 12.0. The van der Waals surface area contributed by atoms with Crippen molar-refractivity contribution in [2.75, 3.05) is 13.1 Å². The topological polar surface area (TPSA) is 66.5 Å². The summed E-state index contributed by atoms with van der Waals surface area (Å²) in [6.07, 6.45) is 3.76. The average Bonchev–Trinajstić information content (AvgIpc) is 3.13. The summed E-state index contributed by atoms with van der Waals surface area (Å²) in [5.74, 6) is -1.25. The number of amides is 1. The zero-order valence-electron chi connectivity index (χ0n) is 14.0. The maximum absolute atomic E-state index is 13.9. The fraction of sp³-hybridized carbons (Fsp3) is 0.211. The number of hydrogen-bond donors (Lipinski definition) is 1. The van der Waals surface area contributed by atoms with E-state index < -0.39 is 32.7 Å². The van der Waals surface area contributed by atoms with Crippen LogP contribution in [0.4, 0.5) is 4.39 Å². The molecule has 0 saturated carbocycles. The molecule has 1 aliphatic rings. The van der Waals surface area contributed by atoms with Gasteiger partial charge >= 0.3 is 0 Å². The van der Waals surface area contributed by atoms with Gasteiger partial charge in [0.05, 0.1) is 0 Å². The largest absolute Gasteiger partial charge is 0.354 e. The van der Waals surface area contributed by atoms with Crippen molar-refractivity contribution in [1.29, 1.82) is 0 Å². The van der Waals surface area contributed by atoms with Crippen LogP contribution in [0.1, 0.15) is 5.56 Å². The van der Waals surface area contributed by atoms with Crippen LogP contribution < -0.4 is 5.32 Å². The Morgan fingerprint density at radius 2 is 1.81 bits per heavy atom. The molecule has 1 amide bonds. The molecule has 2 aromatic rings. The van der Waals surface area contributed by atoms with Gasteiger partial charge in [-0.2, -0.15) is 4.31 Å². The molecular weight excluding hydrogens is 355 g/mol. The Morgan fingerprint density at radius 1 is 1.12 bits per heavy atom. The van der Waals surface area contributed by atoms with E-state index in [1.54, 1.807) is 6.08 Å². The Kier molecular flexibility index (Phi) is 5.49. The summed E-state index contributed by atoms with van der Waals surface area (Å²) in [5, 5.41) is 2.75. The van der Waals surface area contributed by atoms with Gasteiger partial charge < -0.3 is 5.32 Å². The highest BCUT2D eigenvalue weighted by molar-refractivity contribution is 7.89. The highest BCUT2D eigenvalue weighted by Crippen LogP contribution is 2.24. The van der Waals surface area contributed by atoms with Crippen LogP contribution in [0, 0.1) is 5.82 Å². The summed E-state index contributed by atoms with van der Waals surface area (Å²) < 4.78 is 40.4. The van der Waals surface area contributed by atoms with Crippen molar-refractivity contribution in [3.05, 3.63) is 78.1 Å². The highest BCUT2D eigenvalue weighted by Gasteiger charge is 2.37. The van der Waals surface area contributed by atoms with Gasteiger partial charge in [0.25, 0.3) is 0 Å². The predicted octanol–water partition coefficient (Wildman–Crippen LogP) is 2.11. The number of rotatable bonds is 6. The molecule has 1 aliphatic heterocycles. The second-order valence-corrected chi connectivity index (χ2v) is 7.76. The monoisotopic (exact) mass is 374 g/mol. The van der Waals surface area contributed by atoms with Crippen LogP contribution in [0.25, 0.3) is 0 Å². The summed E-state index contributed by atoms with van der Waals surface area (Å²) in [5.41, 5.74) is 1.07. The molecule has 3 rings (SSSR count). The molecule has 5 nitrogen and oxygen atoms in total. The minimum atomic E-state index is -4.11. The lowest BCUT2D eigenvalue weighted by molar-refractivity contribution is -0.123. The van der Waals surface area contributed by atoms with Crippen molar-refractivity contribution in [3.8, 4) is 0 Å². The van der Waals surface area contributed by atoms with Gasteiger partial charge in [-0.25, -0.2) is 12.8 Å².